The standard InChI is InChI=1S/C21H19ClN2O5S/c1-28-18-6-3-5-17(13-18)24-30(26,27)20-10-8-16(9-11-20)23-21(25)14-29-19-7-2-4-15(22)12-19/h2-13,24H,14H2,1H3,(H,23,25). The fraction of sp³-hybridized carbons (Fsp3) is 0.0952. The van der Waals surface area contributed by atoms with Crippen molar-refractivity contribution >= 4 is 38.9 Å². The molecule has 0 aromatic heterocycles. The van der Waals surface area contributed by atoms with Gasteiger partial charge in [-0.25, -0.2) is 8.42 Å². The van der Waals surface area contributed by atoms with Crippen LogP contribution in [0, 0.1) is 0 Å². The van der Waals surface area contributed by atoms with Gasteiger partial charge < -0.3 is 14.8 Å². The molecular weight excluding hydrogens is 428 g/mol. The third-order valence-electron chi connectivity index (χ3n) is 3.94. The Morgan fingerprint density at radius 1 is 0.933 bits per heavy atom. The molecule has 2 N–H and O–H groups in total. The molecule has 0 bridgehead atoms. The van der Waals surface area contributed by atoms with Crippen LogP contribution in [-0.4, -0.2) is 28.0 Å². The third kappa shape index (κ3) is 5.88. The predicted octanol–water partition coefficient (Wildman–Crippen LogP) is 4.17. The first-order valence-corrected chi connectivity index (χ1v) is 10.7. The minimum absolute atomic E-state index is 0.0542. The van der Waals surface area contributed by atoms with Crippen LogP contribution in [-0.2, 0) is 14.8 Å². The maximum absolute atomic E-state index is 12.6. The number of sulfonamides is 1. The molecule has 0 saturated heterocycles. The Labute approximate surface area is 179 Å². The van der Waals surface area contributed by atoms with Crippen LogP contribution < -0.4 is 19.5 Å². The van der Waals surface area contributed by atoms with Crippen LogP contribution in [0.1, 0.15) is 0 Å². The molecule has 3 aromatic rings. The van der Waals surface area contributed by atoms with E-state index in [1.54, 1.807) is 48.5 Å². The lowest BCUT2D eigenvalue weighted by molar-refractivity contribution is -0.118. The highest BCUT2D eigenvalue weighted by molar-refractivity contribution is 7.92. The molecule has 0 heterocycles. The van der Waals surface area contributed by atoms with Crippen LogP contribution in [0.25, 0.3) is 0 Å². The molecule has 0 fully saturated rings. The Morgan fingerprint density at radius 2 is 1.63 bits per heavy atom. The molecule has 0 aliphatic carbocycles. The highest BCUT2D eigenvalue weighted by atomic mass is 35.5. The fourth-order valence-electron chi connectivity index (χ4n) is 2.52. The van der Waals surface area contributed by atoms with Crippen molar-refractivity contribution in [2.24, 2.45) is 0 Å². The SMILES string of the molecule is COc1cccc(NS(=O)(=O)c2ccc(NC(=O)COc3cccc(Cl)c3)cc2)c1. The molecule has 9 heteroatoms. The normalized spacial score (nSPS) is 10.9. The van der Waals surface area contributed by atoms with Crippen LogP contribution in [0.3, 0.4) is 0 Å². The van der Waals surface area contributed by atoms with E-state index >= 15 is 0 Å². The third-order valence-corrected chi connectivity index (χ3v) is 5.57. The Morgan fingerprint density at radius 3 is 2.33 bits per heavy atom. The van der Waals surface area contributed by atoms with Crippen molar-refractivity contribution < 1.29 is 22.7 Å². The fourth-order valence-corrected chi connectivity index (χ4v) is 3.75. The molecule has 3 aromatic carbocycles. The molecule has 156 valence electrons. The first-order valence-electron chi connectivity index (χ1n) is 8.81. The van der Waals surface area contributed by atoms with E-state index in [9.17, 15) is 13.2 Å². The number of ether oxygens (including phenoxy) is 2. The van der Waals surface area contributed by atoms with E-state index < -0.39 is 10.0 Å². The van der Waals surface area contributed by atoms with E-state index in [0.717, 1.165) is 0 Å². The summed E-state index contributed by atoms with van der Waals surface area (Å²) < 4.78 is 38.1. The van der Waals surface area contributed by atoms with Gasteiger partial charge in [0, 0.05) is 16.8 Å². The molecule has 0 saturated carbocycles. The largest absolute Gasteiger partial charge is 0.497 e. The second kappa shape index (κ2) is 9.51. The summed E-state index contributed by atoms with van der Waals surface area (Å²) in [4.78, 5) is 12.1. The minimum Gasteiger partial charge on any atom is -0.497 e. The number of halogens is 1. The number of amides is 1. The van der Waals surface area contributed by atoms with Crippen LogP contribution >= 0.6 is 11.6 Å². The monoisotopic (exact) mass is 446 g/mol. The zero-order chi connectivity index (χ0) is 21.6. The summed E-state index contributed by atoms with van der Waals surface area (Å²) in [5, 5.41) is 3.15. The summed E-state index contributed by atoms with van der Waals surface area (Å²) >= 11 is 5.87. The van der Waals surface area contributed by atoms with Gasteiger partial charge in [0.25, 0.3) is 15.9 Å². The van der Waals surface area contributed by atoms with E-state index in [2.05, 4.69) is 10.0 Å². The maximum Gasteiger partial charge on any atom is 0.262 e. The van der Waals surface area contributed by atoms with Crippen LogP contribution in [0.5, 0.6) is 11.5 Å². The molecule has 0 spiro atoms. The zero-order valence-corrected chi connectivity index (χ0v) is 17.5. The molecular formula is C21H19ClN2O5S. The van der Waals surface area contributed by atoms with Gasteiger partial charge in [0.2, 0.25) is 0 Å². The molecule has 0 aliphatic rings. The first-order chi connectivity index (χ1) is 14.4. The van der Waals surface area contributed by atoms with E-state index in [4.69, 9.17) is 21.1 Å². The molecule has 0 unspecified atom stereocenters. The summed E-state index contributed by atoms with van der Waals surface area (Å²) in [7, 11) is -2.29. The number of carbonyl (C=O) groups excluding carboxylic acids is 1. The number of rotatable bonds is 8. The minimum atomic E-state index is -3.79. The van der Waals surface area contributed by atoms with Gasteiger partial charge in [0.15, 0.2) is 6.61 Å². The number of benzene rings is 3. The number of hydrogen-bond donors (Lipinski definition) is 2. The first kappa shape index (κ1) is 21.5. The Kier molecular flexibility index (Phi) is 6.81. The van der Waals surface area contributed by atoms with Crippen molar-refractivity contribution in [3.8, 4) is 11.5 Å². The quantitative estimate of drug-likeness (QED) is 0.541. The van der Waals surface area contributed by atoms with Gasteiger partial charge in [-0.3, -0.25) is 9.52 Å². The summed E-state index contributed by atoms with van der Waals surface area (Å²) in [5.74, 6) is 0.621. The number of methoxy groups -OCH3 is 1. The number of nitrogens with one attached hydrogen (secondary N) is 2. The van der Waals surface area contributed by atoms with E-state index in [0.29, 0.717) is 27.9 Å². The van der Waals surface area contributed by atoms with E-state index in [1.165, 1.54) is 31.4 Å². The molecule has 1 amide bonds. The Balaban J connectivity index is 1.60. The molecule has 0 radical (unpaired) electrons. The lowest BCUT2D eigenvalue weighted by Gasteiger charge is -2.11. The van der Waals surface area contributed by atoms with Gasteiger partial charge in [-0.15, -0.1) is 0 Å². The topological polar surface area (TPSA) is 93.7 Å². The number of anilines is 2. The van der Waals surface area contributed by atoms with Crippen molar-refractivity contribution in [3.63, 3.8) is 0 Å². The average Bonchev–Trinajstić information content (AvgIpc) is 2.72. The average molecular weight is 447 g/mol. The lowest BCUT2D eigenvalue weighted by Crippen LogP contribution is -2.20. The van der Waals surface area contributed by atoms with Gasteiger partial charge in [-0.05, 0) is 54.6 Å². The smallest absolute Gasteiger partial charge is 0.262 e. The Hall–Kier alpha value is -3.23. The van der Waals surface area contributed by atoms with Gasteiger partial charge >= 0.3 is 0 Å². The lowest BCUT2D eigenvalue weighted by atomic mass is 10.3. The second-order valence-corrected chi connectivity index (χ2v) is 8.27. The highest BCUT2D eigenvalue weighted by Crippen LogP contribution is 2.22. The predicted molar refractivity (Wildman–Crippen MR) is 116 cm³/mol. The zero-order valence-electron chi connectivity index (χ0n) is 16.0. The van der Waals surface area contributed by atoms with Gasteiger partial charge in [-0.2, -0.15) is 0 Å². The van der Waals surface area contributed by atoms with Crippen LogP contribution in [0.4, 0.5) is 11.4 Å². The second-order valence-electron chi connectivity index (χ2n) is 6.16. The van der Waals surface area contributed by atoms with Crippen molar-refractivity contribution in [2.75, 3.05) is 23.8 Å². The van der Waals surface area contributed by atoms with Crippen molar-refractivity contribution in [1.29, 1.82) is 0 Å². The van der Waals surface area contributed by atoms with Crippen LogP contribution in [0.2, 0.25) is 5.02 Å². The van der Waals surface area contributed by atoms with Gasteiger partial charge in [0.1, 0.15) is 11.5 Å². The number of carbonyl (C=O) groups is 1. The summed E-state index contributed by atoms with van der Waals surface area (Å²) in [6, 6.07) is 19.1. The summed E-state index contributed by atoms with van der Waals surface area (Å²) in [6.45, 7) is -0.211. The van der Waals surface area contributed by atoms with Crippen molar-refractivity contribution in [2.45, 2.75) is 4.90 Å². The van der Waals surface area contributed by atoms with Gasteiger partial charge in [-0.1, -0.05) is 23.7 Å². The maximum atomic E-state index is 12.6. The molecule has 30 heavy (non-hydrogen) atoms. The van der Waals surface area contributed by atoms with Crippen molar-refractivity contribution in [3.05, 3.63) is 77.8 Å². The molecule has 0 atom stereocenters. The highest BCUT2D eigenvalue weighted by Gasteiger charge is 2.15. The summed E-state index contributed by atoms with van der Waals surface area (Å²) in [6.07, 6.45) is 0. The van der Waals surface area contributed by atoms with Gasteiger partial charge in [0.05, 0.1) is 17.7 Å². The Bertz CT molecular complexity index is 1130. The van der Waals surface area contributed by atoms with Crippen LogP contribution in [0.15, 0.2) is 77.7 Å². The number of hydrogen-bond acceptors (Lipinski definition) is 5. The van der Waals surface area contributed by atoms with E-state index in [1.807, 2.05) is 0 Å². The molecule has 7 nitrogen and oxygen atoms in total. The molecule has 3 rings (SSSR count). The van der Waals surface area contributed by atoms with E-state index in [-0.39, 0.29) is 17.4 Å². The summed E-state index contributed by atoms with van der Waals surface area (Å²) in [5.41, 5.74) is 0.819. The molecule has 0 aliphatic heterocycles. The van der Waals surface area contributed by atoms with Crippen molar-refractivity contribution in [1.82, 2.24) is 0 Å².